The van der Waals surface area contributed by atoms with Gasteiger partial charge in [0.2, 0.25) is 0 Å². The van der Waals surface area contributed by atoms with Crippen LogP contribution in [0.2, 0.25) is 0 Å². The number of benzene rings is 1. The minimum Gasteiger partial charge on any atom is -0.480 e. The number of nitrogens with one attached hydrogen (secondary N) is 1. The third-order valence-corrected chi connectivity index (χ3v) is 3.09. The first-order valence-corrected chi connectivity index (χ1v) is 6.57. The van der Waals surface area contributed by atoms with E-state index in [9.17, 15) is 18.8 Å². The van der Waals surface area contributed by atoms with Crippen molar-refractivity contribution in [3.05, 3.63) is 57.8 Å². The quantitative estimate of drug-likeness (QED) is 0.766. The standard InChI is InChI=1S/C15H14FN3O4/c1-8-2-3-11(10(16)4-8)18-12-5-13(20)19(7-14(21)22)6-9(12)15(17)23/h2-6,18H,7H2,1H3,(H2,17,23)(H,21,22). The van der Waals surface area contributed by atoms with E-state index in [0.29, 0.717) is 5.56 Å². The van der Waals surface area contributed by atoms with Gasteiger partial charge in [-0.2, -0.15) is 0 Å². The first kappa shape index (κ1) is 16.2. The Morgan fingerprint density at radius 3 is 2.57 bits per heavy atom. The second kappa shape index (κ2) is 6.30. The minimum absolute atomic E-state index is 0.00638. The average Bonchev–Trinajstić information content (AvgIpc) is 2.44. The van der Waals surface area contributed by atoms with E-state index < -0.39 is 29.8 Å². The molecule has 0 spiro atoms. The number of anilines is 2. The molecule has 0 aliphatic rings. The third-order valence-electron chi connectivity index (χ3n) is 3.09. The van der Waals surface area contributed by atoms with Gasteiger partial charge in [-0.25, -0.2) is 4.39 Å². The van der Waals surface area contributed by atoms with Crippen LogP contribution in [-0.2, 0) is 11.3 Å². The molecule has 0 saturated heterocycles. The smallest absolute Gasteiger partial charge is 0.323 e. The fraction of sp³-hybridized carbons (Fsp3) is 0.133. The first-order chi connectivity index (χ1) is 10.8. The molecule has 1 aromatic heterocycles. The second-order valence-electron chi connectivity index (χ2n) is 4.93. The zero-order chi connectivity index (χ0) is 17.1. The van der Waals surface area contributed by atoms with Gasteiger partial charge in [-0.1, -0.05) is 6.07 Å². The molecule has 2 aromatic rings. The predicted molar refractivity (Wildman–Crippen MR) is 81.3 cm³/mol. The van der Waals surface area contributed by atoms with Crippen LogP contribution in [0.3, 0.4) is 0 Å². The van der Waals surface area contributed by atoms with Crippen molar-refractivity contribution < 1.29 is 19.1 Å². The van der Waals surface area contributed by atoms with E-state index in [1.807, 2.05) is 0 Å². The Morgan fingerprint density at radius 1 is 1.30 bits per heavy atom. The fourth-order valence-corrected chi connectivity index (χ4v) is 2.01. The number of carboxylic acids is 1. The molecule has 1 aromatic carbocycles. The Hall–Kier alpha value is -3.16. The predicted octanol–water partition coefficient (Wildman–Crippen LogP) is 1.22. The van der Waals surface area contributed by atoms with Crippen LogP contribution in [0.1, 0.15) is 15.9 Å². The van der Waals surface area contributed by atoms with Gasteiger partial charge in [0.25, 0.3) is 11.5 Å². The molecule has 0 radical (unpaired) electrons. The van der Waals surface area contributed by atoms with Gasteiger partial charge in [-0.3, -0.25) is 14.4 Å². The number of hydrogen-bond donors (Lipinski definition) is 3. The highest BCUT2D eigenvalue weighted by Gasteiger charge is 2.14. The van der Waals surface area contributed by atoms with Gasteiger partial charge in [-0.05, 0) is 24.6 Å². The maximum Gasteiger partial charge on any atom is 0.323 e. The second-order valence-corrected chi connectivity index (χ2v) is 4.93. The minimum atomic E-state index is -1.24. The third kappa shape index (κ3) is 3.73. The van der Waals surface area contributed by atoms with Crippen molar-refractivity contribution >= 4 is 23.3 Å². The SMILES string of the molecule is Cc1ccc(Nc2cc(=O)n(CC(=O)O)cc2C(N)=O)c(F)c1. The summed E-state index contributed by atoms with van der Waals surface area (Å²) in [5.74, 6) is -2.68. The first-order valence-electron chi connectivity index (χ1n) is 6.57. The molecule has 0 unspecified atom stereocenters. The molecule has 4 N–H and O–H groups in total. The van der Waals surface area contributed by atoms with Crippen molar-refractivity contribution in [3.63, 3.8) is 0 Å². The molecule has 0 aliphatic carbocycles. The molecular weight excluding hydrogens is 305 g/mol. The summed E-state index contributed by atoms with van der Waals surface area (Å²) in [6, 6.07) is 5.40. The number of pyridine rings is 1. The summed E-state index contributed by atoms with van der Waals surface area (Å²) in [7, 11) is 0. The number of carbonyl (C=O) groups excluding carboxylic acids is 1. The summed E-state index contributed by atoms with van der Waals surface area (Å²) >= 11 is 0. The zero-order valence-corrected chi connectivity index (χ0v) is 12.2. The summed E-state index contributed by atoms with van der Waals surface area (Å²) in [6.07, 6.45) is 1.03. The van der Waals surface area contributed by atoms with Crippen molar-refractivity contribution in [3.8, 4) is 0 Å². The van der Waals surface area contributed by atoms with Crippen LogP contribution < -0.4 is 16.6 Å². The van der Waals surface area contributed by atoms with Crippen LogP contribution >= 0.6 is 0 Å². The van der Waals surface area contributed by atoms with Crippen LogP contribution in [0.5, 0.6) is 0 Å². The highest BCUT2D eigenvalue weighted by Crippen LogP contribution is 2.22. The van der Waals surface area contributed by atoms with E-state index in [1.54, 1.807) is 13.0 Å². The lowest BCUT2D eigenvalue weighted by Crippen LogP contribution is -2.26. The van der Waals surface area contributed by atoms with Crippen LogP contribution in [0, 0.1) is 12.7 Å². The Labute approximate surface area is 130 Å². The number of aliphatic carboxylic acids is 1. The van der Waals surface area contributed by atoms with Gasteiger partial charge in [0, 0.05) is 12.3 Å². The Balaban J connectivity index is 2.49. The summed E-state index contributed by atoms with van der Waals surface area (Å²) in [6.45, 7) is 1.10. The van der Waals surface area contributed by atoms with E-state index in [2.05, 4.69) is 5.32 Å². The van der Waals surface area contributed by atoms with Crippen molar-refractivity contribution in [1.29, 1.82) is 0 Å². The molecule has 7 nitrogen and oxygen atoms in total. The molecule has 1 amide bonds. The molecule has 23 heavy (non-hydrogen) atoms. The van der Waals surface area contributed by atoms with Crippen molar-refractivity contribution in [2.24, 2.45) is 5.73 Å². The Bertz CT molecular complexity index is 845. The van der Waals surface area contributed by atoms with Crippen molar-refractivity contribution in [1.82, 2.24) is 4.57 Å². The summed E-state index contributed by atoms with van der Waals surface area (Å²) in [4.78, 5) is 34.1. The van der Waals surface area contributed by atoms with Crippen molar-refractivity contribution in [2.45, 2.75) is 13.5 Å². The lowest BCUT2D eigenvalue weighted by molar-refractivity contribution is -0.137. The number of aryl methyl sites for hydroxylation is 1. The van der Waals surface area contributed by atoms with E-state index >= 15 is 0 Å². The van der Waals surface area contributed by atoms with Crippen LogP contribution in [-0.4, -0.2) is 21.6 Å². The molecule has 2 rings (SSSR count). The average molecular weight is 319 g/mol. The fourth-order valence-electron chi connectivity index (χ4n) is 2.01. The molecular formula is C15H14FN3O4. The molecule has 120 valence electrons. The lowest BCUT2D eigenvalue weighted by atomic mass is 10.1. The number of carbonyl (C=O) groups is 2. The molecule has 1 heterocycles. The van der Waals surface area contributed by atoms with Gasteiger partial charge in [0.15, 0.2) is 0 Å². The largest absolute Gasteiger partial charge is 0.480 e. The highest BCUT2D eigenvalue weighted by molar-refractivity contribution is 5.98. The molecule has 0 aliphatic heterocycles. The van der Waals surface area contributed by atoms with Gasteiger partial charge in [0.1, 0.15) is 12.4 Å². The van der Waals surface area contributed by atoms with Crippen LogP contribution in [0.25, 0.3) is 0 Å². The molecule has 0 atom stereocenters. The van der Waals surface area contributed by atoms with Gasteiger partial charge in [-0.15, -0.1) is 0 Å². The lowest BCUT2D eigenvalue weighted by Gasteiger charge is -2.13. The number of aromatic nitrogens is 1. The van der Waals surface area contributed by atoms with Crippen LogP contribution in [0.15, 0.2) is 35.3 Å². The summed E-state index contributed by atoms with van der Waals surface area (Å²) < 4.78 is 14.7. The van der Waals surface area contributed by atoms with Gasteiger partial charge >= 0.3 is 5.97 Å². The monoisotopic (exact) mass is 319 g/mol. The zero-order valence-electron chi connectivity index (χ0n) is 12.2. The highest BCUT2D eigenvalue weighted by atomic mass is 19.1. The Morgan fingerprint density at radius 2 is 2.00 bits per heavy atom. The van der Waals surface area contributed by atoms with E-state index in [-0.39, 0.29) is 16.9 Å². The van der Waals surface area contributed by atoms with Gasteiger partial charge in [0.05, 0.1) is 16.9 Å². The number of carboxylic acid groups (broad SMARTS) is 1. The van der Waals surface area contributed by atoms with E-state index in [1.165, 1.54) is 12.1 Å². The number of nitrogens with zero attached hydrogens (tertiary/aromatic N) is 1. The summed E-state index contributed by atoms with van der Waals surface area (Å²) in [5.41, 5.74) is 5.24. The molecule has 0 fully saturated rings. The van der Waals surface area contributed by atoms with Crippen molar-refractivity contribution in [2.75, 3.05) is 5.32 Å². The number of rotatable bonds is 5. The maximum absolute atomic E-state index is 13.9. The molecule has 0 saturated carbocycles. The number of hydrogen-bond acceptors (Lipinski definition) is 4. The Kier molecular flexibility index (Phi) is 4.44. The number of amides is 1. The molecule has 8 heteroatoms. The van der Waals surface area contributed by atoms with Gasteiger partial charge < -0.3 is 20.7 Å². The molecule has 0 bridgehead atoms. The van der Waals surface area contributed by atoms with Crippen LogP contribution in [0.4, 0.5) is 15.8 Å². The number of primary amides is 1. The van der Waals surface area contributed by atoms with E-state index in [4.69, 9.17) is 10.8 Å². The maximum atomic E-state index is 13.9. The normalized spacial score (nSPS) is 10.3. The summed E-state index contributed by atoms with van der Waals surface area (Å²) in [5, 5.41) is 11.4. The number of nitrogens with two attached hydrogens (primary N) is 1. The van der Waals surface area contributed by atoms with E-state index in [0.717, 1.165) is 16.8 Å². The number of halogens is 1. The topological polar surface area (TPSA) is 114 Å².